The van der Waals surface area contributed by atoms with Gasteiger partial charge in [0.25, 0.3) is 0 Å². The van der Waals surface area contributed by atoms with Crippen molar-refractivity contribution >= 4 is 28.6 Å². The van der Waals surface area contributed by atoms with Gasteiger partial charge in [0.05, 0.1) is 6.61 Å². The van der Waals surface area contributed by atoms with Crippen LogP contribution in [0.4, 0.5) is 4.39 Å². The van der Waals surface area contributed by atoms with Crippen LogP contribution in [-0.4, -0.2) is 22.7 Å². The van der Waals surface area contributed by atoms with Crippen LogP contribution < -0.4 is 0 Å². The van der Waals surface area contributed by atoms with Gasteiger partial charge in [-0.05, 0) is 13.8 Å². The summed E-state index contributed by atoms with van der Waals surface area (Å²) in [7, 11) is 0. The topological polar surface area (TPSA) is 26.3 Å². The van der Waals surface area contributed by atoms with Gasteiger partial charge in [0.15, 0.2) is 0 Å². The van der Waals surface area contributed by atoms with E-state index in [2.05, 4.69) is 4.74 Å². The van der Waals surface area contributed by atoms with Gasteiger partial charge in [0.1, 0.15) is 10.1 Å². The second-order valence-corrected chi connectivity index (χ2v) is 3.17. The van der Waals surface area contributed by atoms with Gasteiger partial charge in [-0.2, -0.15) is 0 Å². The number of halogens is 2. The molecule has 60 valence electrons. The van der Waals surface area contributed by atoms with E-state index in [1.54, 1.807) is 29.5 Å². The van der Waals surface area contributed by atoms with Crippen LogP contribution in [0.5, 0.6) is 0 Å². The Hall–Kier alpha value is 0.130. The first kappa shape index (κ1) is 10.1. The van der Waals surface area contributed by atoms with E-state index in [1.807, 2.05) is 0 Å². The standard InChI is InChI=1S/C6H10FIO2/c1-3-10-6(9)5(8)4(2)7/h4-5H,3H2,1-2H3. The van der Waals surface area contributed by atoms with Gasteiger partial charge in [-0.25, -0.2) is 4.39 Å². The zero-order chi connectivity index (χ0) is 8.15. The quantitative estimate of drug-likeness (QED) is 0.438. The van der Waals surface area contributed by atoms with Gasteiger partial charge in [-0.1, -0.05) is 22.6 Å². The Morgan fingerprint density at radius 1 is 1.80 bits per heavy atom. The van der Waals surface area contributed by atoms with Crippen molar-refractivity contribution in [1.29, 1.82) is 0 Å². The van der Waals surface area contributed by atoms with Crippen LogP contribution in [0.2, 0.25) is 0 Å². The molecule has 0 aromatic carbocycles. The van der Waals surface area contributed by atoms with Crippen molar-refractivity contribution in [3.8, 4) is 0 Å². The highest BCUT2D eigenvalue weighted by Crippen LogP contribution is 2.11. The number of alkyl halides is 2. The molecule has 0 saturated heterocycles. The average molecular weight is 260 g/mol. The van der Waals surface area contributed by atoms with Crippen LogP contribution in [-0.2, 0) is 9.53 Å². The van der Waals surface area contributed by atoms with E-state index in [0.29, 0.717) is 6.61 Å². The minimum absolute atomic E-state index is 0.311. The highest BCUT2D eigenvalue weighted by atomic mass is 127. The van der Waals surface area contributed by atoms with Crippen LogP contribution in [0.3, 0.4) is 0 Å². The largest absolute Gasteiger partial charge is 0.465 e. The summed E-state index contributed by atoms with van der Waals surface area (Å²) >= 11 is 1.73. The van der Waals surface area contributed by atoms with Crippen LogP contribution >= 0.6 is 22.6 Å². The van der Waals surface area contributed by atoms with E-state index >= 15 is 0 Å². The molecule has 0 aliphatic rings. The third-order valence-corrected chi connectivity index (χ3v) is 2.41. The van der Waals surface area contributed by atoms with Gasteiger partial charge >= 0.3 is 5.97 Å². The van der Waals surface area contributed by atoms with Gasteiger partial charge in [0, 0.05) is 0 Å². The maximum Gasteiger partial charge on any atom is 0.321 e. The first-order chi connectivity index (χ1) is 4.59. The summed E-state index contributed by atoms with van der Waals surface area (Å²) in [5.41, 5.74) is 0. The number of ether oxygens (including phenoxy) is 1. The third kappa shape index (κ3) is 3.34. The van der Waals surface area contributed by atoms with Gasteiger partial charge in [-0.15, -0.1) is 0 Å². The fourth-order valence-corrected chi connectivity index (χ4v) is 0.589. The van der Waals surface area contributed by atoms with E-state index in [4.69, 9.17) is 0 Å². The van der Waals surface area contributed by atoms with Gasteiger partial charge in [0.2, 0.25) is 0 Å². The van der Waals surface area contributed by atoms with Crippen molar-refractivity contribution in [2.75, 3.05) is 6.61 Å². The molecule has 0 aromatic heterocycles. The summed E-state index contributed by atoms with van der Waals surface area (Å²) < 4.78 is 16.3. The molecule has 0 N–H and O–H groups in total. The smallest absolute Gasteiger partial charge is 0.321 e. The molecule has 0 fully saturated rings. The molecule has 2 nitrogen and oxygen atoms in total. The van der Waals surface area contributed by atoms with Crippen LogP contribution in [0.1, 0.15) is 13.8 Å². The second kappa shape index (κ2) is 4.87. The van der Waals surface area contributed by atoms with Crippen molar-refractivity contribution in [2.24, 2.45) is 0 Å². The molecule has 0 aliphatic carbocycles. The van der Waals surface area contributed by atoms with Crippen molar-refractivity contribution < 1.29 is 13.9 Å². The Labute approximate surface area is 73.3 Å². The van der Waals surface area contributed by atoms with Gasteiger partial charge < -0.3 is 4.74 Å². The van der Waals surface area contributed by atoms with Crippen LogP contribution in [0, 0.1) is 0 Å². The van der Waals surface area contributed by atoms with Crippen LogP contribution in [0.25, 0.3) is 0 Å². The molecule has 0 aromatic rings. The molecular weight excluding hydrogens is 250 g/mol. The number of esters is 1. The van der Waals surface area contributed by atoms with E-state index in [0.717, 1.165) is 0 Å². The summed E-state index contributed by atoms with van der Waals surface area (Å²) in [4.78, 5) is 10.7. The minimum atomic E-state index is -1.14. The lowest BCUT2D eigenvalue weighted by Gasteiger charge is -2.08. The van der Waals surface area contributed by atoms with Gasteiger partial charge in [-0.3, -0.25) is 4.79 Å². The predicted molar refractivity (Wildman–Crippen MR) is 45.0 cm³/mol. The molecule has 0 spiro atoms. The van der Waals surface area contributed by atoms with Crippen molar-refractivity contribution in [1.82, 2.24) is 0 Å². The number of carbonyl (C=O) groups excluding carboxylic acids is 1. The third-order valence-electron chi connectivity index (χ3n) is 0.915. The van der Waals surface area contributed by atoms with E-state index in [9.17, 15) is 9.18 Å². The molecule has 10 heavy (non-hydrogen) atoms. The highest BCUT2D eigenvalue weighted by Gasteiger charge is 2.22. The Balaban J connectivity index is 3.71. The predicted octanol–water partition coefficient (Wildman–Crippen LogP) is 1.71. The maximum absolute atomic E-state index is 12.4. The molecule has 2 unspecified atom stereocenters. The zero-order valence-corrected chi connectivity index (χ0v) is 8.09. The normalized spacial score (nSPS) is 16.0. The van der Waals surface area contributed by atoms with E-state index in [1.165, 1.54) is 6.92 Å². The summed E-state index contributed by atoms with van der Waals surface area (Å²) in [6.07, 6.45) is -1.14. The Kier molecular flexibility index (Phi) is 4.93. The molecule has 4 heteroatoms. The molecule has 0 bridgehead atoms. The molecule has 0 rings (SSSR count). The Bertz CT molecular complexity index is 116. The maximum atomic E-state index is 12.4. The summed E-state index contributed by atoms with van der Waals surface area (Å²) in [5, 5.41) is 0. The average Bonchev–Trinajstić information content (AvgIpc) is 1.87. The molecular formula is C6H10FIO2. The lowest BCUT2D eigenvalue weighted by atomic mass is 10.3. The molecule has 0 heterocycles. The first-order valence-electron chi connectivity index (χ1n) is 3.04. The summed E-state index contributed by atoms with van der Waals surface area (Å²) in [6, 6.07) is 0. The number of carbonyl (C=O) groups is 1. The van der Waals surface area contributed by atoms with Crippen molar-refractivity contribution in [3.63, 3.8) is 0 Å². The summed E-state index contributed by atoms with van der Waals surface area (Å²) in [5.74, 6) is -0.474. The van der Waals surface area contributed by atoms with E-state index < -0.39 is 16.1 Å². The van der Waals surface area contributed by atoms with E-state index in [-0.39, 0.29) is 0 Å². The zero-order valence-electron chi connectivity index (χ0n) is 5.93. The molecule has 0 radical (unpaired) electrons. The monoisotopic (exact) mass is 260 g/mol. The molecule has 0 saturated carbocycles. The lowest BCUT2D eigenvalue weighted by molar-refractivity contribution is -0.142. The Morgan fingerprint density at radius 3 is 2.60 bits per heavy atom. The highest BCUT2D eigenvalue weighted by molar-refractivity contribution is 14.1. The lowest BCUT2D eigenvalue weighted by Crippen LogP contribution is -2.24. The minimum Gasteiger partial charge on any atom is -0.465 e. The SMILES string of the molecule is CCOC(=O)C(I)C(C)F. The number of rotatable bonds is 3. The van der Waals surface area contributed by atoms with Crippen molar-refractivity contribution in [2.45, 2.75) is 23.9 Å². The van der Waals surface area contributed by atoms with Crippen molar-refractivity contribution in [3.05, 3.63) is 0 Å². The molecule has 2 atom stereocenters. The molecule has 0 aliphatic heterocycles. The second-order valence-electron chi connectivity index (χ2n) is 1.83. The first-order valence-corrected chi connectivity index (χ1v) is 4.29. The number of hydrogen-bond donors (Lipinski definition) is 0. The fourth-order valence-electron chi connectivity index (χ4n) is 0.409. The summed E-state index contributed by atoms with van der Waals surface area (Å²) in [6.45, 7) is 3.35. The fraction of sp³-hybridized carbons (Fsp3) is 0.833. The number of hydrogen-bond acceptors (Lipinski definition) is 2. The van der Waals surface area contributed by atoms with Crippen LogP contribution in [0.15, 0.2) is 0 Å². The molecule has 0 amide bonds. The Morgan fingerprint density at radius 2 is 2.30 bits per heavy atom.